The molecule has 0 fully saturated rings. The van der Waals surface area contributed by atoms with E-state index in [1.165, 1.54) is 28.6 Å². The number of nitrogens with one attached hydrogen (secondary N) is 1. The Morgan fingerprint density at radius 3 is 2.23 bits per heavy atom. The summed E-state index contributed by atoms with van der Waals surface area (Å²) in [5, 5.41) is 2.24. The van der Waals surface area contributed by atoms with Crippen molar-refractivity contribution < 1.29 is 31.1 Å². The zero-order valence-electron chi connectivity index (χ0n) is 18.8. The molecular weight excluding hydrogens is 505 g/mol. The lowest BCUT2D eigenvalue weighted by Gasteiger charge is -2.23. The van der Waals surface area contributed by atoms with Crippen LogP contribution >= 0.6 is 11.6 Å². The average molecular weight is 527 g/mol. The Morgan fingerprint density at radius 1 is 1.03 bits per heavy atom. The summed E-state index contributed by atoms with van der Waals surface area (Å²) in [6.45, 7) is 3.27. The molecule has 186 valence electrons. The molecular formula is C24H22ClF3N2O4S. The Hall–Kier alpha value is -3.24. The second kappa shape index (κ2) is 10.6. The predicted molar refractivity (Wildman–Crippen MR) is 128 cm³/mol. The zero-order valence-corrected chi connectivity index (χ0v) is 20.3. The van der Waals surface area contributed by atoms with E-state index in [1.54, 1.807) is 31.2 Å². The van der Waals surface area contributed by atoms with Crippen LogP contribution in [0.2, 0.25) is 5.02 Å². The summed E-state index contributed by atoms with van der Waals surface area (Å²) in [5.74, 6) is -0.449. The van der Waals surface area contributed by atoms with Crippen molar-refractivity contribution in [3.8, 4) is 5.75 Å². The highest BCUT2D eigenvalue weighted by Gasteiger charge is 2.31. The molecule has 0 saturated heterocycles. The van der Waals surface area contributed by atoms with Crippen LogP contribution < -0.4 is 14.4 Å². The lowest BCUT2D eigenvalue weighted by atomic mass is 10.2. The van der Waals surface area contributed by atoms with Gasteiger partial charge in [0.2, 0.25) is 0 Å². The Kier molecular flexibility index (Phi) is 7.97. The van der Waals surface area contributed by atoms with Gasteiger partial charge in [0.25, 0.3) is 15.9 Å². The average Bonchev–Trinajstić information content (AvgIpc) is 2.80. The maximum absolute atomic E-state index is 13.0. The third kappa shape index (κ3) is 6.46. The molecule has 0 bridgehead atoms. The number of alkyl halides is 3. The van der Waals surface area contributed by atoms with Crippen molar-refractivity contribution in [2.75, 3.05) is 22.8 Å². The number of nitrogens with zero attached hydrogens (tertiary/aromatic N) is 1. The molecule has 0 atom stereocenters. The number of benzene rings is 3. The van der Waals surface area contributed by atoms with E-state index >= 15 is 0 Å². The van der Waals surface area contributed by atoms with Gasteiger partial charge in [0.1, 0.15) is 5.75 Å². The van der Waals surface area contributed by atoms with Gasteiger partial charge in [-0.3, -0.25) is 9.10 Å². The topological polar surface area (TPSA) is 75.7 Å². The minimum absolute atomic E-state index is 0.0508. The first-order valence-corrected chi connectivity index (χ1v) is 12.2. The number of anilines is 2. The van der Waals surface area contributed by atoms with Crippen LogP contribution in [0.5, 0.6) is 5.75 Å². The standard InChI is InChI=1S/C24H22ClF3N2O4S/c1-3-30(35(32,33)20-11-4-16(2)5-12-20)18-7-9-19(10-8-18)34-15-23(31)29-22-14-17(24(26,27)28)6-13-21(22)25/h4-14H,3,15H2,1-2H3,(H,29,31). The molecule has 0 heterocycles. The number of rotatable bonds is 8. The van der Waals surface area contributed by atoms with E-state index in [4.69, 9.17) is 16.3 Å². The highest BCUT2D eigenvalue weighted by Crippen LogP contribution is 2.34. The molecule has 0 radical (unpaired) electrons. The van der Waals surface area contributed by atoms with Crippen LogP contribution in [-0.4, -0.2) is 27.5 Å². The van der Waals surface area contributed by atoms with E-state index < -0.39 is 34.3 Å². The maximum atomic E-state index is 13.0. The zero-order chi connectivity index (χ0) is 25.8. The van der Waals surface area contributed by atoms with Gasteiger partial charge in [0.05, 0.1) is 26.9 Å². The van der Waals surface area contributed by atoms with Crippen molar-refractivity contribution in [3.05, 3.63) is 82.9 Å². The molecule has 0 aliphatic rings. The molecule has 0 aliphatic heterocycles. The van der Waals surface area contributed by atoms with Crippen molar-refractivity contribution in [2.24, 2.45) is 0 Å². The largest absolute Gasteiger partial charge is 0.484 e. The summed E-state index contributed by atoms with van der Waals surface area (Å²) < 4.78 is 71.3. The van der Waals surface area contributed by atoms with E-state index in [2.05, 4.69) is 5.32 Å². The first-order valence-electron chi connectivity index (χ1n) is 10.4. The van der Waals surface area contributed by atoms with Gasteiger partial charge in [-0.2, -0.15) is 13.2 Å². The Labute approximate surface area is 206 Å². The van der Waals surface area contributed by atoms with Crippen molar-refractivity contribution in [3.63, 3.8) is 0 Å². The van der Waals surface area contributed by atoms with Gasteiger partial charge in [0.15, 0.2) is 6.61 Å². The molecule has 1 amide bonds. The van der Waals surface area contributed by atoms with Crippen LogP contribution in [0.4, 0.5) is 24.5 Å². The lowest BCUT2D eigenvalue weighted by Crippen LogP contribution is -2.30. The number of carbonyl (C=O) groups is 1. The van der Waals surface area contributed by atoms with Crippen LogP contribution in [0, 0.1) is 6.92 Å². The number of hydrogen-bond donors (Lipinski definition) is 1. The fourth-order valence-electron chi connectivity index (χ4n) is 3.17. The molecule has 3 rings (SSSR count). The fraction of sp³-hybridized carbons (Fsp3) is 0.208. The van der Waals surface area contributed by atoms with Crippen molar-refractivity contribution in [2.45, 2.75) is 24.9 Å². The van der Waals surface area contributed by atoms with Crippen molar-refractivity contribution in [1.82, 2.24) is 0 Å². The lowest BCUT2D eigenvalue weighted by molar-refractivity contribution is -0.137. The van der Waals surface area contributed by atoms with E-state index in [0.717, 1.165) is 23.8 Å². The van der Waals surface area contributed by atoms with Crippen LogP contribution in [-0.2, 0) is 21.0 Å². The molecule has 0 aromatic heterocycles. The molecule has 0 spiro atoms. The quantitative estimate of drug-likeness (QED) is 0.396. The first-order chi connectivity index (χ1) is 16.4. The predicted octanol–water partition coefficient (Wildman–Crippen LogP) is 5.90. The van der Waals surface area contributed by atoms with Crippen LogP contribution in [0.25, 0.3) is 0 Å². The second-order valence-electron chi connectivity index (χ2n) is 7.51. The number of sulfonamides is 1. The number of aryl methyl sites for hydroxylation is 1. The van der Waals surface area contributed by atoms with E-state index in [0.29, 0.717) is 5.69 Å². The molecule has 1 N–H and O–H groups in total. The summed E-state index contributed by atoms with van der Waals surface area (Å²) in [7, 11) is -3.78. The molecule has 3 aromatic rings. The fourth-order valence-corrected chi connectivity index (χ4v) is 4.81. The maximum Gasteiger partial charge on any atom is 0.416 e. The van der Waals surface area contributed by atoms with Crippen LogP contribution in [0.1, 0.15) is 18.1 Å². The summed E-state index contributed by atoms with van der Waals surface area (Å²) in [5.41, 5.74) is 0.202. The number of amides is 1. The second-order valence-corrected chi connectivity index (χ2v) is 9.78. The summed E-state index contributed by atoms with van der Waals surface area (Å²) in [6, 6.07) is 15.2. The third-order valence-electron chi connectivity index (χ3n) is 4.96. The SMILES string of the molecule is CCN(c1ccc(OCC(=O)Nc2cc(C(F)(F)F)ccc2Cl)cc1)S(=O)(=O)c1ccc(C)cc1. The number of ether oxygens (including phenoxy) is 1. The third-order valence-corrected chi connectivity index (χ3v) is 7.21. The monoisotopic (exact) mass is 526 g/mol. The molecule has 0 saturated carbocycles. The highest BCUT2D eigenvalue weighted by atomic mass is 35.5. The molecule has 35 heavy (non-hydrogen) atoms. The highest BCUT2D eigenvalue weighted by molar-refractivity contribution is 7.92. The summed E-state index contributed by atoms with van der Waals surface area (Å²) in [4.78, 5) is 12.3. The Morgan fingerprint density at radius 2 is 1.66 bits per heavy atom. The van der Waals surface area contributed by atoms with Gasteiger partial charge in [-0.05, 0) is 68.4 Å². The van der Waals surface area contributed by atoms with Gasteiger partial charge in [-0.15, -0.1) is 0 Å². The molecule has 0 unspecified atom stereocenters. The minimum Gasteiger partial charge on any atom is -0.484 e. The van der Waals surface area contributed by atoms with Gasteiger partial charge < -0.3 is 10.1 Å². The Balaban J connectivity index is 1.66. The van der Waals surface area contributed by atoms with Gasteiger partial charge >= 0.3 is 6.18 Å². The van der Waals surface area contributed by atoms with Gasteiger partial charge in [-0.1, -0.05) is 29.3 Å². The van der Waals surface area contributed by atoms with Crippen molar-refractivity contribution >= 4 is 38.9 Å². The minimum atomic E-state index is -4.58. The smallest absolute Gasteiger partial charge is 0.416 e. The molecule has 11 heteroatoms. The van der Waals surface area contributed by atoms with Crippen LogP contribution in [0.15, 0.2) is 71.6 Å². The first kappa shape index (κ1) is 26.4. The molecule has 3 aromatic carbocycles. The number of halogens is 4. The molecule has 0 aliphatic carbocycles. The van der Waals surface area contributed by atoms with E-state index in [9.17, 15) is 26.4 Å². The number of carbonyl (C=O) groups excluding carboxylic acids is 1. The van der Waals surface area contributed by atoms with Crippen molar-refractivity contribution in [1.29, 1.82) is 0 Å². The van der Waals surface area contributed by atoms with E-state index in [-0.39, 0.29) is 27.9 Å². The van der Waals surface area contributed by atoms with Crippen LogP contribution in [0.3, 0.4) is 0 Å². The normalized spacial score (nSPS) is 11.7. The Bertz CT molecular complexity index is 1300. The number of hydrogen-bond acceptors (Lipinski definition) is 4. The van der Waals surface area contributed by atoms with Gasteiger partial charge in [-0.25, -0.2) is 8.42 Å². The van der Waals surface area contributed by atoms with E-state index in [1.807, 2.05) is 6.92 Å². The summed E-state index contributed by atoms with van der Waals surface area (Å²) >= 11 is 5.88. The summed E-state index contributed by atoms with van der Waals surface area (Å²) in [6.07, 6.45) is -4.58. The molecule has 6 nitrogen and oxygen atoms in total. The van der Waals surface area contributed by atoms with Gasteiger partial charge in [0, 0.05) is 6.54 Å².